The number of hydrazine groups is 1. The third-order valence-electron chi connectivity index (χ3n) is 4.01. The zero-order valence-electron chi connectivity index (χ0n) is 13.1. The lowest BCUT2D eigenvalue weighted by atomic mass is 9.89. The first kappa shape index (κ1) is 16.3. The quantitative estimate of drug-likeness (QED) is 0.821. The third kappa shape index (κ3) is 4.76. The fourth-order valence-corrected chi connectivity index (χ4v) is 2.71. The number of benzene rings is 1. The van der Waals surface area contributed by atoms with Crippen LogP contribution in [0.25, 0.3) is 0 Å². The van der Waals surface area contributed by atoms with Gasteiger partial charge in [0.15, 0.2) is 6.61 Å². The third-order valence-corrected chi connectivity index (χ3v) is 4.01. The summed E-state index contributed by atoms with van der Waals surface area (Å²) in [6, 6.07) is 7.62. The van der Waals surface area contributed by atoms with Gasteiger partial charge in [-0.05, 0) is 30.9 Å². The van der Waals surface area contributed by atoms with Crippen LogP contribution in [-0.2, 0) is 16.0 Å². The van der Waals surface area contributed by atoms with Gasteiger partial charge in [-0.15, -0.1) is 0 Å². The molecule has 2 rings (SSSR count). The van der Waals surface area contributed by atoms with Gasteiger partial charge in [0.1, 0.15) is 5.75 Å². The molecule has 0 bridgehead atoms. The van der Waals surface area contributed by atoms with Crippen molar-refractivity contribution in [3.05, 3.63) is 29.8 Å². The number of para-hydroxylation sites is 1. The fourth-order valence-electron chi connectivity index (χ4n) is 2.71. The minimum absolute atomic E-state index is 0.0239. The first-order valence-corrected chi connectivity index (χ1v) is 8.00. The van der Waals surface area contributed by atoms with Gasteiger partial charge in [-0.25, -0.2) is 0 Å². The summed E-state index contributed by atoms with van der Waals surface area (Å²) >= 11 is 0. The van der Waals surface area contributed by atoms with Gasteiger partial charge in [-0.2, -0.15) is 0 Å². The van der Waals surface area contributed by atoms with Gasteiger partial charge in [0, 0.05) is 5.92 Å². The van der Waals surface area contributed by atoms with Crippen molar-refractivity contribution in [3.8, 4) is 5.75 Å². The Hall–Kier alpha value is -2.04. The predicted molar refractivity (Wildman–Crippen MR) is 84.2 cm³/mol. The zero-order chi connectivity index (χ0) is 15.8. The van der Waals surface area contributed by atoms with Crippen LogP contribution in [0, 0.1) is 5.92 Å². The number of amides is 2. The minimum atomic E-state index is -0.352. The van der Waals surface area contributed by atoms with Gasteiger partial charge >= 0.3 is 0 Å². The lowest BCUT2D eigenvalue weighted by Gasteiger charge is -2.20. The van der Waals surface area contributed by atoms with Gasteiger partial charge in [-0.1, -0.05) is 44.4 Å². The van der Waals surface area contributed by atoms with E-state index in [4.69, 9.17) is 4.74 Å². The molecular formula is C17H24N2O3. The number of aryl methyl sites for hydroxylation is 1. The molecule has 2 N–H and O–H groups in total. The maximum atomic E-state index is 11.9. The lowest BCUT2D eigenvalue weighted by molar-refractivity contribution is -0.132. The van der Waals surface area contributed by atoms with Crippen LogP contribution >= 0.6 is 0 Å². The maximum absolute atomic E-state index is 11.9. The van der Waals surface area contributed by atoms with E-state index in [0.29, 0.717) is 5.75 Å². The highest BCUT2D eigenvalue weighted by Gasteiger charge is 2.21. The molecule has 0 unspecified atom stereocenters. The van der Waals surface area contributed by atoms with Crippen LogP contribution in [0.1, 0.15) is 44.6 Å². The normalized spacial score (nSPS) is 15.1. The molecule has 1 fully saturated rings. The average Bonchev–Trinajstić information content (AvgIpc) is 2.58. The van der Waals surface area contributed by atoms with Crippen molar-refractivity contribution in [1.82, 2.24) is 10.9 Å². The van der Waals surface area contributed by atoms with E-state index >= 15 is 0 Å². The van der Waals surface area contributed by atoms with Crippen molar-refractivity contribution >= 4 is 11.8 Å². The molecule has 0 heterocycles. The Morgan fingerprint density at radius 1 is 1.14 bits per heavy atom. The molecule has 22 heavy (non-hydrogen) atoms. The monoisotopic (exact) mass is 304 g/mol. The molecule has 0 aliphatic heterocycles. The molecule has 0 spiro atoms. The number of rotatable bonds is 5. The summed E-state index contributed by atoms with van der Waals surface area (Å²) in [5, 5.41) is 0. The molecule has 120 valence electrons. The molecule has 0 radical (unpaired) electrons. The molecule has 1 aromatic carbocycles. The van der Waals surface area contributed by atoms with Crippen molar-refractivity contribution in [3.63, 3.8) is 0 Å². The first-order valence-electron chi connectivity index (χ1n) is 8.00. The zero-order valence-corrected chi connectivity index (χ0v) is 13.1. The second-order valence-electron chi connectivity index (χ2n) is 5.62. The van der Waals surface area contributed by atoms with Crippen molar-refractivity contribution in [2.75, 3.05) is 6.61 Å². The second-order valence-corrected chi connectivity index (χ2v) is 5.62. The molecule has 0 aromatic heterocycles. The molecule has 0 saturated heterocycles. The van der Waals surface area contributed by atoms with Crippen LogP contribution in [0.5, 0.6) is 5.75 Å². The Bertz CT molecular complexity index is 510. The first-order chi connectivity index (χ1) is 10.7. The summed E-state index contributed by atoms with van der Waals surface area (Å²) in [7, 11) is 0. The van der Waals surface area contributed by atoms with Gasteiger partial charge in [0.05, 0.1) is 0 Å². The Balaban J connectivity index is 1.72. The molecule has 2 amide bonds. The number of carbonyl (C=O) groups is 2. The highest BCUT2D eigenvalue weighted by molar-refractivity contribution is 5.84. The van der Waals surface area contributed by atoms with Gasteiger partial charge in [0.25, 0.3) is 5.91 Å². The number of ether oxygens (including phenoxy) is 1. The SMILES string of the molecule is CCc1ccccc1OCC(=O)NNC(=O)C1CCCCC1. The summed E-state index contributed by atoms with van der Waals surface area (Å²) in [5.41, 5.74) is 5.98. The summed E-state index contributed by atoms with van der Waals surface area (Å²) in [4.78, 5) is 23.7. The van der Waals surface area contributed by atoms with E-state index in [0.717, 1.165) is 37.7 Å². The predicted octanol–water partition coefficient (Wildman–Crippen LogP) is 2.36. The van der Waals surface area contributed by atoms with Crippen molar-refractivity contribution in [2.45, 2.75) is 45.4 Å². The van der Waals surface area contributed by atoms with E-state index in [2.05, 4.69) is 10.9 Å². The van der Waals surface area contributed by atoms with Gasteiger partial charge in [0.2, 0.25) is 5.91 Å². The number of hydrogen-bond acceptors (Lipinski definition) is 3. The molecular weight excluding hydrogens is 280 g/mol. The lowest BCUT2D eigenvalue weighted by Crippen LogP contribution is -2.46. The Kier molecular flexibility index (Phi) is 6.25. The number of nitrogens with one attached hydrogen (secondary N) is 2. The molecule has 1 aromatic rings. The highest BCUT2D eigenvalue weighted by atomic mass is 16.5. The van der Waals surface area contributed by atoms with Crippen LogP contribution < -0.4 is 15.6 Å². The van der Waals surface area contributed by atoms with Crippen LogP contribution in [0.15, 0.2) is 24.3 Å². The van der Waals surface area contributed by atoms with E-state index in [1.165, 1.54) is 6.42 Å². The number of hydrogen-bond donors (Lipinski definition) is 2. The topological polar surface area (TPSA) is 67.4 Å². The van der Waals surface area contributed by atoms with Gasteiger partial charge < -0.3 is 4.74 Å². The minimum Gasteiger partial charge on any atom is -0.483 e. The summed E-state index contributed by atoms with van der Waals surface area (Å²) in [6.07, 6.45) is 6.02. The van der Waals surface area contributed by atoms with E-state index in [9.17, 15) is 9.59 Å². The van der Waals surface area contributed by atoms with Crippen molar-refractivity contribution < 1.29 is 14.3 Å². The maximum Gasteiger partial charge on any atom is 0.276 e. The van der Waals surface area contributed by atoms with E-state index in [1.807, 2.05) is 31.2 Å². The molecule has 5 nitrogen and oxygen atoms in total. The second kappa shape index (κ2) is 8.41. The van der Waals surface area contributed by atoms with Gasteiger partial charge in [-0.3, -0.25) is 20.4 Å². The standard InChI is InChI=1S/C17H24N2O3/c1-2-13-8-6-7-11-15(13)22-12-16(20)18-19-17(21)14-9-4-3-5-10-14/h6-8,11,14H,2-5,9-10,12H2,1H3,(H,18,20)(H,19,21). The van der Waals surface area contributed by atoms with Crippen LogP contribution in [0.4, 0.5) is 0 Å². The Morgan fingerprint density at radius 3 is 2.59 bits per heavy atom. The molecule has 1 saturated carbocycles. The summed E-state index contributed by atoms with van der Waals surface area (Å²) in [6.45, 7) is 1.93. The number of carbonyl (C=O) groups excluding carboxylic acids is 2. The Labute approximate surface area is 131 Å². The molecule has 1 aliphatic rings. The van der Waals surface area contributed by atoms with Crippen LogP contribution in [0.3, 0.4) is 0 Å². The molecule has 5 heteroatoms. The van der Waals surface area contributed by atoms with E-state index < -0.39 is 0 Å². The molecule has 0 atom stereocenters. The van der Waals surface area contributed by atoms with Crippen LogP contribution in [0.2, 0.25) is 0 Å². The van der Waals surface area contributed by atoms with E-state index in [-0.39, 0.29) is 24.3 Å². The Morgan fingerprint density at radius 2 is 1.86 bits per heavy atom. The largest absolute Gasteiger partial charge is 0.483 e. The summed E-state index contributed by atoms with van der Waals surface area (Å²) < 4.78 is 5.50. The molecule has 1 aliphatic carbocycles. The summed E-state index contributed by atoms with van der Waals surface area (Å²) in [5.74, 6) is 0.284. The van der Waals surface area contributed by atoms with Crippen molar-refractivity contribution in [1.29, 1.82) is 0 Å². The van der Waals surface area contributed by atoms with E-state index in [1.54, 1.807) is 0 Å². The van der Waals surface area contributed by atoms with Crippen molar-refractivity contribution in [2.24, 2.45) is 5.92 Å². The average molecular weight is 304 g/mol. The highest BCUT2D eigenvalue weighted by Crippen LogP contribution is 2.23. The van der Waals surface area contributed by atoms with Crippen LogP contribution in [-0.4, -0.2) is 18.4 Å². The smallest absolute Gasteiger partial charge is 0.276 e. The fraction of sp³-hybridized carbons (Fsp3) is 0.529.